The molecule has 0 fully saturated rings. The molecule has 262 valence electrons. The molecule has 0 saturated carbocycles. The second kappa shape index (κ2) is 18.9. The first-order valence-electron chi connectivity index (χ1n) is 14.1. The maximum Gasteiger partial charge on any atom is 0.176 e. The second-order valence-corrected chi connectivity index (χ2v) is 10.4. The van der Waals surface area contributed by atoms with Crippen LogP contribution in [0.15, 0.2) is 58.2 Å². The molecule has 19 heteroatoms. The average molecular weight is 1190 g/mol. The minimum Gasteiger partial charge on any atom is -0.409 e. The fraction of sp³-hybridized carbons (Fsp3) is 0.323. The van der Waals surface area contributed by atoms with Crippen molar-refractivity contribution in [2.24, 2.45) is 36.4 Å². The van der Waals surface area contributed by atoms with E-state index in [-0.39, 0.29) is 70.6 Å². The molecule has 0 bridgehead atoms. The zero-order valence-corrected chi connectivity index (χ0v) is 37.2. The molecule has 0 amide bonds. The van der Waals surface area contributed by atoms with Crippen molar-refractivity contribution in [3.05, 3.63) is 84.4 Å². The van der Waals surface area contributed by atoms with Crippen molar-refractivity contribution >= 4 is 38.9 Å². The topological polar surface area (TPSA) is 161 Å². The summed E-state index contributed by atoms with van der Waals surface area (Å²) < 4.78 is 5.95. The molecule has 16 nitrogen and oxygen atoms in total. The Kier molecular flexibility index (Phi) is 16.7. The molecule has 6 aromatic rings. The van der Waals surface area contributed by atoms with Crippen LogP contribution >= 0.6 is 0 Å². The molecule has 2 aliphatic rings. The molecule has 2 aliphatic heterocycles. The molecule has 0 spiro atoms. The summed E-state index contributed by atoms with van der Waals surface area (Å²) in [7, 11) is 7.79. The Morgan fingerprint density at radius 3 is 1.98 bits per heavy atom. The van der Waals surface area contributed by atoms with E-state index in [1.54, 1.807) is 18.6 Å². The standard InChI is InChI=1S/C9H10N3.C7H9N5.2C7H7N4.CH4.3W/c1-6-7(2)12(3)9-5-11-10-4-8(6)9;1-5-9-7-4-8-10-6(2)12(7)11(5)3;1-5-10-6-3-8-9-4-7(6)11(5)2;1-5-9-6-3-4-8-10-7(6)11(5)2;;;;/h5H,1-3H3;4H,2H2,1,3H3;2*4H,1-2H3;1H4;;;/q-1;;2*-1;;;;. The van der Waals surface area contributed by atoms with E-state index >= 15 is 0 Å². The second-order valence-electron chi connectivity index (χ2n) is 10.4. The number of aliphatic imine (C=N–C) groups is 1. The van der Waals surface area contributed by atoms with E-state index in [4.69, 9.17) is 0 Å². The minimum absolute atomic E-state index is 0. The van der Waals surface area contributed by atoms with Crippen LogP contribution < -0.4 is 0 Å². The Morgan fingerprint density at radius 1 is 0.740 bits per heavy atom. The van der Waals surface area contributed by atoms with Gasteiger partial charge in [-0.2, -0.15) is 26.5 Å². The van der Waals surface area contributed by atoms with Gasteiger partial charge in [0.1, 0.15) is 5.84 Å². The number of hydrogen-bond acceptors (Lipinski definition) is 13. The Labute approximate surface area is 334 Å². The number of fused-ring (bicyclic) bond motifs is 4. The summed E-state index contributed by atoms with van der Waals surface area (Å²) in [6.07, 6.45) is 12.2. The van der Waals surface area contributed by atoms with Gasteiger partial charge in [0, 0.05) is 82.1 Å². The van der Waals surface area contributed by atoms with Crippen LogP contribution in [-0.4, -0.2) is 77.2 Å². The SMILES string of the molecule is C.C=C1N=NC=C2N=C(C)N(C)N12.Cc1c(C)n(C)c2cnn[c-]c12.Cc1nc2[c-]cnnc2n1C.Cc1nc2[c-]nncc2n1C.[W].[W].[W]. The van der Waals surface area contributed by atoms with E-state index in [0.717, 1.165) is 56.4 Å². The number of azo groups is 1. The van der Waals surface area contributed by atoms with E-state index in [0.29, 0.717) is 5.82 Å². The number of nitrogens with zero attached hydrogens (tertiary/aromatic N) is 16. The first-order valence-corrected chi connectivity index (χ1v) is 14.1. The van der Waals surface area contributed by atoms with Crippen LogP contribution in [0.25, 0.3) is 33.1 Å². The minimum atomic E-state index is 0. The molecule has 6 aromatic heterocycles. The third-order valence-corrected chi connectivity index (χ3v) is 7.75. The molecule has 0 radical (unpaired) electrons. The van der Waals surface area contributed by atoms with Gasteiger partial charge in [-0.05, 0) is 78.6 Å². The summed E-state index contributed by atoms with van der Waals surface area (Å²) in [5.41, 5.74) is 6.89. The molecular weight excluding hydrogens is 1150 g/mol. The van der Waals surface area contributed by atoms with Gasteiger partial charge >= 0.3 is 0 Å². The zero-order chi connectivity index (χ0) is 33.1. The first-order chi connectivity index (χ1) is 22.0. The van der Waals surface area contributed by atoms with Crippen molar-refractivity contribution in [1.29, 1.82) is 0 Å². The molecule has 0 N–H and O–H groups in total. The van der Waals surface area contributed by atoms with Gasteiger partial charge in [-0.15, -0.1) is 16.1 Å². The van der Waals surface area contributed by atoms with Gasteiger partial charge < -0.3 is 13.7 Å². The molecule has 8 rings (SSSR count). The fourth-order valence-electron chi connectivity index (χ4n) is 4.59. The van der Waals surface area contributed by atoms with Crippen molar-refractivity contribution < 1.29 is 63.2 Å². The van der Waals surface area contributed by atoms with E-state index in [9.17, 15) is 0 Å². The maximum atomic E-state index is 4.26. The molecule has 8 heterocycles. The van der Waals surface area contributed by atoms with Crippen LogP contribution in [0.5, 0.6) is 0 Å². The Morgan fingerprint density at radius 2 is 1.36 bits per heavy atom. The third kappa shape index (κ3) is 9.07. The monoisotopic (exact) mass is 1190 g/mol. The van der Waals surface area contributed by atoms with Gasteiger partial charge in [0.2, 0.25) is 0 Å². The summed E-state index contributed by atoms with van der Waals surface area (Å²) >= 11 is 0. The van der Waals surface area contributed by atoms with Gasteiger partial charge in [0.05, 0.1) is 17.8 Å². The fourth-order valence-corrected chi connectivity index (χ4v) is 4.59. The van der Waals surface area contributed by atoms with Crippen LogP contribution in [-0.2, 0) is 84.3 Å². The number of aryl methyl sites for hydroxylation is 6. The predicted molar refractivity (Wildman–Crippen MR) is 178 cm³/mol. The smallest absolute Gasteiger partial charge is 0.176 e. The van der Waals surface area contributed by atoms with Crippen molar-refractivity contribution in [1.82, 2.24) is 64.3 Å². The van der Waals surface area contributed by atoms with Crippen LogP contribution in [0.2, 0.25) is 0 Å². The zero-order valence-electron chi connectivity index (χ0n) is 28.4. The number of amidine groups is 1. The predicted octanol–water partition coefficient (Wildman–Crippen LogP) is 4.26. The number of imidazole rings is 2. The number of rotatable bonds is 0. The Hall–Kier alpha value is -3.87. The molecule has 0 aromatic carbocycles. The van der Waals surface area contributed by atoms with E-state index in [1.807, 2.05) is 68.1 Å². The maximum absolute atomic E-state index is 4.26. The quantitative estimate of drug-likeness (QED) is 0.201. The molecule has 0 atom stereocenters. The molecule has 50 heavy (non-hydrogen) atoms. The molecule has 0 aliphatic carbocycles. The van der Waals surface area contributed by atoms with Gasteiger partial charge in [0.15, 0.2) is 11.6 Å². The van der Waals surface area contributed by atoms with Crippen LogP contribution in [0.3, 0.4) is 0 Å². The number of hydrogen-bond donors (Lipinski definition) is 0. The van der Waals surface area contributed by atoms with Gasteiger partial charge in [-0.1, -0.05) is 43.7 Å². The number of aromatic nitrogens is 11. The summed E-state index contributed by atoms with van der Waals surface area (Å²) in [6.45, 7) is 13.7. The molecular formula is C31H37N16W3-3. The molecule has 0 saturated heterocycles. The van der Waals surface area contributed by atoms with Gasteiger partial charge in [-0.25, -0.2) is 20.2 Å². The molecule has 0 unspecified atom stereocenters. The average Bonchev–Trinajstić information content (AvgIpc) is 3.71. The van der Waals surface area contributed by atoms with Gasteiger partial charge in [0.25, 0.3) is 0 Å². The van der Waals surface area contributed by atoms with E-state index < -0.39 is 0 Å². The first kappa shape index (κ1) is 44.2. The largest absolute Gasteiger partial charge is 0.409 e. The Balaban J connectivity index is 0.000000325. The van der Waals surface area contributed by atoms with Crippen LogP contribution in [0.1, 0.15) is 37.3 Å². The summed E-state index contributed by atoms with van der Waals surface area (Å²) in [5, 5.41) is 34.9. The van der Waals surface area contributed by atoms with Crippen molar-refractivity contribution in [3.63, 3.8) is 0 Å². The van der Waals surface area contributed by atoms with Crippen LogP contribution in [0.4, 0.5) is 0 Å². The number of hydrazine groups is 1. The summed E-state index contributed by atoms with van der Waals surface area (Å²) in [4.78, 5) is 12.7. The van der Waals surface area contributed by atoms with E-state index in [2.05, 4.69) is 99.2 Å². The third-order valence-electron chi connectivity index (χ3n) is 7.75. The van der Waals surface area contributed by atoms with Crippen molar-refractivity contribution in [2.75, 3.05) is 7.05 Å². The summed E-state index contributed by atoms with van der Waals surface area (Å²) in [5.74, 6) is 4.16. The Bertz CT molecular complexity index is 2040. The van der Waals surface area contributed by atoms with Gasteiger partial charge in [-0.3, -0.25) is 20.1 Å². The van der Waals surface area contributed by atoms with Crippen molar-refractivity contribution in [3.8, 4) is 0 Å². The normalized spacial score (nSPS) is 12.4. The summed E-state index contributed by atoms with van der Waals surface area (Å²) in [6, 6.07) is 2.91. The van der Waals surface area contributed by atoms with Crippen LogP contribution in [0, 0.1) is 46.2 Å². The van der Waals surface area contributed by atoms with Crippen molar-refractivity contribution in [2.45, 2.75) is 42.0 Å². The van der Waals surface area contributed by atoms with E-state index in [1.165, 1.54) is 17.5 Å².